The average Bonchev–Trinajstić information content (AvgIpc) is 2.77. The maximum Gasteiger partial charge on any atom is 0.129 e. The minimum Gasteiger partial charge on any atom is -0.383 e. The fourth-order valence-corrected chi connectivity index (χ4v) is 2.73. The van der Waals surface area contributed by atoms with Gasteiger partial charge in [0.05, 0.1) is 5.56 Å². The molecule has 0 atom stereocenters. The van der Waals surface area contributed by atoms with Crippen molar-refractivity contribution in [3.8, 4) is 22.4 Å². The normalized spacial score (nSPS) is 10.8. The van der Waals surface area contributed by atoms with Gasteiger partial charge in [0.15, 0.2) is 0 Å². The van der Waals surface area contributed by atoms with Gasteiger partial charge in [0.25, 0.3) is 0 Å². The van der Waals surface area contributed by atoms with E-state index >= 15 is 0 Å². The Morgan fingerprint density at radius 2 is 1.57 bits per heavy atom. The molecule has 21 heavy (non-hydrogen) atoms. The van der Waals surface area contributed by atoms with Crippen LogP contribution >= 0.6 is 34.2 Å². The van der Waals surface area contributed by atoms with Gasteiger partial charge < -0.3 is 5.73 Å². The molecule has 2 N–H and O–H groups in total. The topological polar surface area (TPSA) is 43.8 Å². The fourth-order valence-electron chi connectivity index (χ4n) is 2.25. The van der Waals surface area contributed by atoms with Gasteiger partial charge in [-0.15, -0.1) is 0 Å². The van der Waals surface area contributed by atoms with E-state index in [1.807, 2.05) is 31.3 Å². The number of halogens is 2. The second-order valence-corrected chi connectivity index (χ2v) is 6.43. The summed E-state index contributed by atoms with van der Waals surface area (Å²) in [5.41, 5.74) is 10.1. The van der Waals surface area contributed by atoms with Gasteiger partial charge in [0.2, 0.25) is 0 Å². The van der Waals surface area contributed by atoms with Crippen LogP contribution in [0.4, 0.5) is 5.82 Å². The molecule has 0 saturated carbocycles. The summed E-state index contributed by atoms with van der Waals surface area (Å²) in [7, 11) is 1.85. The zero-order chi connectivity index (χ0) is 15.0. The predicted molar refractivity (Wildman–Crippen MR) is 96.2 cm³/mol. The molecular formula is C16H13ClIN3. The second kappa shape index (κ2) is 5.69. The first-order valence-corrected chi connectivity index (χ1v) is 7.86. The van der Waals surface area contributed by atoms with E-state index in [1.54, 1.807) is 4.68 Å². The quantitative estimate of drug-likeness (QED) is 0.629. The van der Waals surface area contributed by atoms with Gasteiger partial charge in [0, 0.05) is 21.2 Å². The lowest BCUT2D eigenvalue weighted by Gasteiger charge is -2.05. The van der Waals surface area contributed by atoms with Crippen LogP contribution < -0.4 is 5.73 Å². The van der Waals surface area contributed by atoms with E-state index in [0.29, 0.717) is 10.8 Å². The van der Waals surface area contributed by atoms with Crippen molar-refractivity contribution in [2.75, 3.05) is 5.73 Å². The lowest BCUT2D eigenvalue weighted by Crippen LogP contribution is -1.97. The number of hydrogen-bond donors (Lipinski definition) is 1. The zero-order valence-corrected chi connectivity index (χ0v) is 14.3. The SMILES string of the molecule is Cn1nc(-c2ccc(I)cc2)c(-c2ccc(Cl)cc2)c1N. The molecule has 0 amide bonds. The van der Waals surface area contributed by atoms with E-state index in [2.05, 4.69) is 52.0 Å². The van der Waals surface area contributed by atoms with Crippen molar-refractivity contribution < 1.29 is 0 Å². The Kier molecular flexibility index (Phi) is 3.91. The molecule has 0 aliphatic heterocycles. The highest BCUT2D eigenvalue weighted by molar-refractivity contribution is 14.1. The van der Waals surface area contributed by atoms with E-state index in [4.69, 9.17) is 17.3 Å². The molecule has 0 bridgehead atoms. The summed E-state index contributed by atoms with van der Waals surface area (Å²) in [6.07, 6.45) is 0. The molecule has 106 valence electrons. The van der Waals surface area contributed by atoms with Crippen molar-refractivity contribution in [2.24, 2.45) is 7.05 Å². The number of benzene rings is 2. The summed E-state index contributed by atoms with van der Waals surface area (Å²) >= 11 is 8.25. The van der Waals surface area contributed by atoms with Gasteiger partial charge in [0.1, 0.15) is 11.5 Å². The summed E-state index contributed by atoms with van der Waals surface area (Å²) in [4.78, 5) is 0. The van der Waals surface area contributed by atoms with Crippen molar-refractivity contribution in [2.45, 2.75) is 0 Å². The summed E-state index contributed by atoms with van der Waals surface area (Å²) < 4.78 is 2.89. The van der Waals surface area contributed by atoms with Crippen LogP contribution in [0.2, 0.25) is 5.02 Å². The Labute approximate surface area is 141 Å². The lowest BCUT2D eigenvalue weighted by molar-refractivity contribution is 0.782. The Balaban J connectivity index is 2.20. The molecule has 3 nitrogen and oxygen atoms in total. The van der Waals surface area contributed by atoms with Crippen LogP contribution in [0, 0.1) is 3.57 Å². The van der Waals surface area contributed by atoms with Crippen LogP contribution in [0.25, 0.3) is 22.4 Å². The van der Waals surface area contributed by atoms with Gasteiger partial charge in [-0.05, 0) is 52.4 Å². The van der Waals surface area contributed by atoms with Crippen molar-refractivity contribution in [1.82, 2.24) is 9.78 Å². The van der Waals surface area contributed by atoms with Gasteiger partial charge in [-0.25, -0.2) is 0 Å². The molecule has 3 rings (SSSR count). The molecule has 1 aromatic heterocycles. The van der Waals surface area contributed by atoms with Gasteiger partial charge in [-0.2, -0.15) is 5.10 Å². The van der Waals surface area contributed by atoms with Crippen molar-refractivity contribution in [1.29, 1.82) is 0 Å². The Morgan fingerprint density at radius 3 is 2.19 bits per heavy atom. The third-order valence-corrected chi connectivity index (χ3v) is 4.31. The highest BCUT2D eigenvalue weighted by atomic mass is 127. The Hall–Kier alpha value is -1.53. The van der Waals surface area contributed by atoms with Gasteiger partial charge in [-0.1, -0.05) is 35.9 Å². The zero-order valence-electron chi connectivity index (χ0n) is 11.3. The number of aryl methyl sites for hydroxylation is 1. The van der Waals surface area contributed by atoms with Gasteiger partial charge in [-0.3, -0.25) is 4.68 Å². The minimum atomic E-state index is 0.644. The molecule has 0 aliphatic rings. The largest absolute Gasteiger partial charge is 0.383 e. The van der Waals surface area contributed by atoms with Crippen LogP contribution in [-0.2, 0) is 7.05 Å². The maximum absolute atomic E-state index is 6.21. The second-order valence-electron chi connectivity index (χ2n) is 4.75. The third-order valence-electron chi connectivity index (χ3n) is 3.34. The molecule has 0 fully saturated rings. The average molecular weight is 410 g/mol. The number of aromatic nitrogens is 2. The smallest absolute Gasteiger partial charge is 0.129 e. The lowest BCUT2D eigenvalue weighted by atomic mass is 10.0. The molecule has 0 radical (unpaired) electrons. The van der Waals surface area contributed by atoms with Crippen molar-refractivity contribution in [3.63, 3.8) is 0 Å². The minimum absolute atomic E-state index is 0.644. The highest BCUT2D eigenvalue weighted by Crippen LogP contribution is 2.36. The van der Waals surface area contributed by atoms with E-state index < -0.39 is 0 Å². The molecule has 0 aliphatic carbocycles. The van der Waals surface area contributed by atoms with E-state index in [1.165, 1.54) is 3.57 Å². The standard InChI is InChI=1S/C16H13ClIN3/c1-21-16(19)14(10-2-6-12(17)7-3-10)15(20-21)11-4-8-13(18)9-5-11/h2-9H,19H2,1H3. The molecule has 1 heterocycles. The maximum atomic E-state index is 6.21. The fraction of sp³-hybridized carbons (Fsp3) is 0.0625. The molecular weight excluding hydrogens is 397 g/mol. The molecule has 0 saturated heterocycles. The van der Waals surface area contributed by atoms with Crippen molar-refractivity contribution in [3.05, 3.63) is 57.1 Å². The van der Waals surface area contributed by atoms with Crippen LogP contribution in [0.15, 0.2) is 48.5 Å². The summed E-state index contributed by atoms with van der Waals surface area (Å²) in [6.45, 7) is 0. The molecule has 0 unspecified atom stereocenters. The summed E-state index contributed by atoms with van der Waals surface area (Å²) in [6, 6.07) is 15.9. The van der Waals surface area contributed by atoms with Gasteiger partial charge >= 0.3 is 0 Å². The Morgan fingerprint density at radius 1 is 1.00 bits per heavy atom. The van der Waals surface area contributed by atoms with Crippen LogP contribution in [0.3, 0.4) is 0 Å². The molecule has 0 spiro atoms. The van der Waals surface area contributed by atoms with Crippen LogP contribution in [0.5, 0.6) is 0 Å². The number of anilines is 1. The molecule has 5 heteroatoms. The van der Waals surface area contributed by atoms with E-state index in [9.17, 15) is 0 Å². The summed E-state index contributed by atoms with van der Waals surface area (Å²) in [5.74, 6) is 0.644. The number of nitrogens with two attached hydrogens (primary N) is 1. The van der Waals surface area contributed by atoms with Crippen molar-refractivity contribution >= 4 is 40.0 Å². The first-order valence-electron chi connectivity index (χ1n) is 6.40. The van der Waals surface area contributed by atoms with E-state index in [-0.39, 0.29) is 0 Å². The monoisotopic (exact) mass is 409 g/mol. The highest BCUT2D eigenvalue weighted by Gasteiger charge is 2.17. The number of nitrogens with zero attached hydrogens (tertiary/aromatic N) is 2. The number of hydrogen-bond acceptors (Lipinski definition) is 2. The molecule has 2 aromatic carbocycles. The number of nitrogen functional groups attached to an aromatic ring is 1. The van der Waals surface area contributed by atoms with Crippen LogP contribution in [0.1, 0.15) is 0 Å². The third kappa shape index (κ3) is 2.78. The molecule has 3 aromatic rings. The Bertz CT molecular complexity index is 777. The summed E-state index contributed by atoms with van der Waals surface area (Å²) in [5, 5.41) is 5.27. The first kappa shape index (κ1) is 14.4. The number of rotatable bonds is 2. The predicted octanol–water partition coefficient (Wildman–Crippen LogP) is 4.59. The first-order chi connectivity index (χ1) is 10.1. The van der Waals surface area contributed by atoms with Crippen LogP contribution in [-0.4, -0.2) is 9.78 Å². The van der Waals surface area contributed by atoms with E-state index in [0.717, 1.165) is 22.4 Å².